The summed E-state index contributed by atoms with van der Waals surface area (Å²) in [5, 5.41) is 7.00. The first-order valence-corrected chi connectivity index (χ1v) is 17.1. The molecule has 238 valence electrons. The minimum atomic E-state index is 0.598. The molecular formula is C47H29N3O. The van der Waals surface area contributed by atoms with E-state index in [9.17, 15) is 0 Å². The van der Waals surface area contributed by atoms with E-state index in [4.69, 9.17) is 19.4 Å². The van der Waals surface area contributed by atoms with Crippen LogP contribution < -0.4 is 0 Å². The predicted molar refractivity (Wildman–Crippen MR) is 209 cm³/mol. The summed E-state index contributed by atoms with van der Waals surface area (Å²) in [6.45, 7) is 0. The maximum Gasteiger partial charge on any atom is 0.165 e. The molecule has 0 saturated carbocycles. The van der Waals surface area contributed by atoms with Gasteiger partial charge in [0.05, 0.1) is 0 Å². The Balaban J connectivity index is 1.16. The number of furan rings is 1. The highest BCUT2D eigenvalue weighted by molar-refractivity contribution is 6.15. The van der Waals surface area contributed by atoms with Crippen LogP contribution in [0.25, 0.3) is 99.9 Å². The quantitative estimate of drug-likeness (QED) is 0.174. The van der Waals surface area contributed by atoms with Gasteiger partial charge in [-0.1, -0.05) is 152 Å². The molecule has 0 aliphatic rings. The highest BCUT2D eigenvalue weighted by atomic mass is 16.3. The Labute approximate surface area is 294 Å². The van der Waals surface area contributed by atoms with E-state index >= 15 is 0 Å². The van der Waals surface area contributed by atoms with Crippen LogP contribution in [-0.4, -0.2) is 15.0 Å². The molecule has 2 aromatic heterocycles. The van der Waals surface area contributed by atoms with Crippen LogP contribution in [0.3, 0.4) is 0 Å². The molecule has 10 rings (SSSR count). The van der Waals surface area contributed by atoms with Gasteiger partial charge in [-0.3, -0.25) is 0 Å². The lowest BCUT2D eigenvalue weighted by Crippen LogP contribution is -2.01. The largest absolute Gasteiger partial charge is 0.456 e. The molecule has 4 nitrogen and oxygen atoms in total. The predicted octanol–water partition coefficient (Wildman–Crippen LogP) is 12.4. The van der Waals surface area contributed by atoms with E-state index in [1.807, 2.05) is 54.6 Å². The highest BCUT2D eigenvalue weighted by Crippen LogP contribution is 2.42. The number of rotatable bonds is 5. The molecule has 0 aliphatic heterocycles. The van der Waals surface area contributed by atoms with Crippen molar-refractivity contribution in [3.05, 3.63) is 176 Å². The third-order valence-corrected chi connectivity index (χ3v) is 9.74. The van der Waals surface area contributed by atoms with E-state index in [1.54, 1.807) is 0 Å². The van der Waals surface area contributed by atoms with Gasteiger partial charge in [0.2, 0.25) is 0 Å². The van der Waals surface area contributed by atoms with Crippen molar-refractivity contribution in [2.75, 3.05) is 0 Å². The molecule has 0 saturated heterocycles. The molecule has 0 unspecified atom stereocenters. The van der Waals surface area contributed by atoms with Crippen LogP contribution in [0.4, 0.5) is 0 Å². The topological polar surface area (TPSA) is 51.8 Å². The number of hydrogen-bond donors (Lipinski definition) is 0. The van der Waals surface area contributed by atoms with Gasteiger partial charge in [0.25, 0.3) is 0 Å². The van der Waals surface area contributed by atoms with Gasteiger partial charge in [0.1, 0.15) is 11.2 Å². The van der Waals surface area contributed by atoms with Crippen molar-refractivity contribution in [1.82, 2.24) is 15.0 Å². The van der Waals surface area contributed by atoms with E-state index in [0.717, 1.165) is 60.9 Å². The smallest absolute Gasteiger partial charge is 0.165 e. The van der Waals surface area contributed by atoms with Gasteiger partial charge in [-0.2, -0.15) is 0 Å². The summed E-state index contributed by atoms with van der Waals surface area (Å²) in [4.78, 5) is 15.5. The summed E-state index contributed by atoms with van der Waals surface area (Å²) in [6, 6.07) is 61.0. The Morgan fingerprint density at radius 3 is 1.65 bits per heavy atom. The lowest BCUT2D eigenvalue weighted by Gasteiger charge is -2.13. The van der Waals surface area contributed by atoms with Crippen LogP contribution in [-0.2, 0) is 0 Å². The van der Waals surface area contributed by atoms with E-state index in [0.29, 0.717) is 17.5 Å². The van der Waals surface area contributed by atoms with Gasteiger partial charge in [-0.25, -0.2) is 15.0 Å². The van der Waals surface area contributed by atoms with Crippen molar-refractivity contribution >= 4 is 43.5 Å². The van der Waals surface area contributed by atoms with Crippen molar-refractivity contribution in [3.8, 4) is 56.4 Å². The lowest BCUT2D eigenvalue weighted by molar-refractivity contribution is 0.669. The third kappa shape index (κ3) is 5.04. The minimum absolute atomic E-state index is 0.598. The van der Waals surface area contributed by atoms with E-state index in [-0.39, 0.29) is 0 Å². The molecule has 0 atom stereocenters. The number of aromatic nitrogens is 3. The Morgan fingerprint density at radius 1 is 0.333 bits per heavy atom. The van der Waals surface area contributed by atoms with Crippen LogP contribution in [0.1, 0.15) is 0 Å². The Hall–Kier alpha value is -6.91. The third-order valence-electron chi connectivity index (χ3n) is 9.74. The first kappa shape index (κ1) is 29.0. The molecule has 0 N–H and O–H groups in total. The van der Waals surface area contributed by atoms with Crippen molar-refractivity contribution in [2.24, 2.45) is 0 Å². The molecule has 10 aromatic rings. The standard InChI is InChI=1S/C47H29N3O/c1-3-11-31(12-4-1)38-27-28-42-43(39-17-9-10-18-41(39)51-42)44(38)47-49-45(34-14-5-2-6-15-34)48-46(50-47)35-24-19-30(20-25-35)36-26-23-33-22-21-32-13-7-8-16-37(32)40(33)29-36/h1-29H. The van der Waals surface area contributed by atoms with Gasteiger partial charge in [0.15, 0.2) is 17.5 Å². The van der Waals surface area contributed by atoms with Crippen LogP contribution in [0.2, 0.25) is 0 Å². The number of para-hydroxylation sites is 1. The fourth-order valence-electron chi connectivity index (χ4n) is 7.23. The monoisotopic (exact) mass is 651 g/mol. The van der Waals surface area contributed by atoms with Crippen molar-refractivity contribution < 1.29 is 4.42 Å². The van der Waals surface area contributed by atoms with Crippen molar-refractivity contribution in [3.63, 3.8) is 0 Å². The lowest BCUT2D eigenvalue weighted by atomic mass is 9.94. The molecule has 51 heavy (non-hydrogen) atoms. The number of fused-ring (bicyclic) bond motifs is 6. The molecular weight excluding hydrogens is 623 g/mol. The van der Waals surface area contributed by atoms with Crippen LogP contribution in [0.15, 0.2) is 180 Å². The van der Waals surface area contributed by atoms with E-state index in [2.05, 4.69) is 121 Å². The van der Waals surface area contributed by atoms with Crippen molar-refractivity contribution in [2.45, 2.75) is 0 Å². The molecule has 0 aliphatic carbocycles. The van der Waals surface area contributed by atoms with Crippen LogP contribution in [0, 0.1) is 0 Å². The molecule has 2 heterocycles. The second kappa shape index (κ2) is 11.9. The van der Waals surface area contributed by atoms with Crippen LogP contribution in [0.5, 0.6) is 0 Å². The SMILES string of the molecule is c1ccc(-c2nc(-c3ccc(-c4ccc5ccc6ccccc6c5c4)cc3)nc(-c3c(-c4ccccc4)ccc4oc5ccccc5c34)n2)cc1. The summed E-state index contributed by atoms with van der Waals surface area (Å²) in [7, 11) is 0. The molecule has 8 aromatic carbocycles. The van der Waals surface area contributed by atoms with E-state index in [1.165, 1.54) is 21.5 Å². The molecule has 0 radical (unpaired) electrons. The fraction of sp³-hybridized carbons (Fsp3) is 0. The van der Waals surface area contributed by atoms with Gasteiger partial charge in [0, 0.05) is 27.5 Å². The zero-order valence-corrected chi connectivity index (χ0v) is 27.5. The van der Waals surface area contributed by atoms with E-state index < -0.39 is 0 Å². The zero-order chi connectivity index (χ0) is 33.7. The second-order valence-electron chi connectivity index (χ2n) is 12.8. The fourth-order valence-corrected chi connectivity index (χ4v) is 7.23. The van der Waals surface area contributed by atoms with Gasteiger partial charge >= 0.3 is 0 Å². The average molecular weight is 652 g/mol. The molecule has 0 bridgehead atoms. The van der Waals surface area contributed by atoms with Crippen molar-refractivity contribution in [1.29, 1.82) is 0 Å². The maximum absolute atomic E-state index is 6.37. The first-order chi connectivity index (χ1) is 25.3. The average Bonchev–Trinajstić information content (AvgIpc) is 3.60. The highest BCUT2D eigenvalue weighted by Gasteiger charge is 2.22. The number of hydrogen-bond acceptors (Lipinski definition) is 4. The molecule has 4 heteroatoms. The summed E-state index contributed by atoms with van der Waals surface area (Å²) >= 11 is 0. The summed E-state index contributed by atoms with van der Waals surface area (Å²) < 4.78 is 6.37. The molecule has 0 spiro atoms. The molecule has 0 amide bonds. The normalized spacial score (nSPS) is 11.5. The van der Waals surface area contributed by atoms with Crippen LogP contribution >= 0.6 is 0 Å². The first-order valence-electron chi connectivity index (χ1n) is 17.1. The number of nitrogens with zero attached hydrogens (tertiary/aromatic N) is 3. The Bertz CT molecular complexity index is 2900. The zero-order valence-electron chi connectivity index (χ0n) is 27.5. The summed E-state index contributed by atoms with van der Waals surface area (Å²) in [6.07, 6.45) is 0. The summed E-state index contributed by atoms with van der Waals surface area (Å²) in [5.41, 5.74) is 8.79. The second-order valence-corrected chi connectivity index (χ2v) is 12.8. The summed E-state index contributed by atoms with van der Waals surface area (Å²) in [5.74, 6) is 1.82. The van der Waals surface area contributed by atoms with Gasteiger partial charge < -0.3 is 4.42 Å². The Kier molecular flexibility index (Phi) is 6.78. The number of benzene rings is 8. The molecule has 0 fully saturated rings. The maximum atomic E-state index is 6.37. The van der Waals surface area contributed by atoms with Gasteiger partial charge in [-0.15, -0.1) is 0 Å². The Morgan fingerprint density at radius 2 is 0.882 bits per heavy atom. The van der Waals surface area contributed by atoms with Gasteiger partial charge in [-0.05, 0) is 68.1 Å². The minimum Gasteiger partial charge on any atom is -0.456 e.